The monoisotopic (exact) mass is 931 g/mol. The molecule has 2 rings (SSSR count). The van der Waals surface area contributed by atoms with Crippen LogP contribution in [0.25, 0.3) is 0 Å². The molecule has 0 aromatic heterocycles. The molecule has 6 N–H and O–H groups in total. The van der Waals surface area contributed by atoms with Gasteiger partial charge in [0.25, 0.3) is 0 Å². The van der Waals surface area contributed by atoms with Crippen LogP contribution in [-0.2, 0) is 33.3 Å². The maximum Gasteiger partial charge on any atom is 0.309 e. The zero-order valence-electron chi connectivity index (χ0n) is 41.5. The molecule has 4 unspecified atom stereocenters. The van der Waals surface area contributed by atoms with Crippen molar-refractivity contribution < 1.29 is 63.9 Å². The van der Waals surface area contributed by atoms with Gasteiger partial charge in [0.2, 0.25) is 0 Å². The number of carbonyl (C=O) groups is 2. The fraction of sp³-hybridized carbons (Fsp3) is 0.962. The molecule has 0 amide bonds. The maximum atomic E-state index is 13.5. The summed E-state index contributed by atoms with van der Waals surface area (Å²) in [6, 6.07) is 0. The number of unbranched alkanes of at least 4 members (excludes halogenated alkanes) is 24. The number of hydrogen-bond donors (Lipinski definition) is 6. The normalized spacial score (nSPS) is 26.0. The number of aliphatic hydroxyl groups is 6. The molecule has 10 atom stereocenters. The number of ether oxygens (including phenoxy) is 5. The van der Waals surface area contributed by atoms with Crippen LogP contribution in [-0.4, -0.2) is 117 Å². The lowest BCUT2D eigenvalue weighted by molar-refractivity contribution is -0.376. The molecule has 0 radical (unpaired) electrons. The Morgan fingerprint density at radius 1 is 0.369 bits per heavy atom. The molecule has 2 saturated heterocycles. The van der Waals surface area contributed by atoms with Crippen LogP contribution in [0.5, 0.6) is 0 Å². The van der Waals surface area contributed by atoms with E-state index in [1.807, 2.05) is 0 Å². The summed E-state index contributed by atoms with van der Waals surface area (Å²) in [5.74, 6) is -1.43. The molecule has 13 heteroatoms. The van der Waals surface area contributed by atoms with Crippen LogP contribution in [0.4, 0.5) is 0 Å². The summed E-state index contributed by atoms with van der Waals surface area (Å²) in [6.45, 7) is 7.95. The van der Waals surface area contributed by atoms with Crippen LogP contribution >= 0.6 is 0 Å². The van der Waals surface area contributed by atoms with Crippen LogP contribution in [0.1, 0.15) is 233 Å². The third-order valence-corrected chi connectivity index (χ3v) is 13.7. The highest BCUT2D eigenvalue weighted by molar-refractivity contribution is 5.72. The molecule has 2 heterocycles. The highest BCUT2D eigenvalue weighted by atomic mass is 16.8. The van der Waals surface area contributed by atoms with Gasteiger partial charge in [-0.2, -0.15) is 0 Å². The van der Waals surface area contributed by atoms with E-state index < -0.39 is 86.6 Å². The van der Waals surface area contributed by atoms with Crippen molar-refractivity contribution in [3.63, 3.8) is 0 Å². The van der Waals surface area contributed by atoms with E-state index in [1.54, 1.807) is 0 Å². The van der Waals surface area contributed by atoms with Crippen LogP contribution in [0, 0.1) is 11.8 Å². The van der Waals surface area contributed by atoms with E-state index >= 15 is 0 Å². The van der Waals surface area contributed by atoms with Crippen molar-refractivity contribution in [3.8, 4) is 0 Å². The zero-order chi connectivity index (χ0) is 47.7. The first kappa shape index (κ1) is 59.7. The third-order valence-electron chi connectivity index (χ3n) is 13.7. The quantitative estimate of drug-likeness (QED) is 0.0251. The summed E-state index contributed by atoms with van der Waals surface area (Å²) < 4.78 is 28.9. The summed E-state index contributed by atoms with van der Waals surface area (Å²) in [7, 11) is 0. The van der Waals surface area contributed by atoms with Crippen molar-refractivity contribution in [1.82, 2.24) is 0 Å². The smallest absolute Gasteiger partial charge is 0.309 e. The minimum Gasteiger partial charge on any atom is -0.463 e. The predicted octanol–water partition coefficient (Wildman–Crippen LogP) is 9.50. The van der Waals surface area contributed by atoms with Gasteiger partial charge in [0.05, 0.1) is 11.8 Å². The average molecular weight is 931 g/mol. The van der Waals surface area contributed by atoms with Gasteiger partial charge in [-0.3, -0.25) is 9.59 Å². The lowest BCUT2D eigenvalue weighted by atomic mass is 9.94. The highest BCUT2D eigenvalue weighted by Gasteiger charge is 2.50. The summed E-state index contributed by atoms with van der Waals surface area (Å²) in [6.07, 6.45) is 18.1. The Bertz CT molecular complexity index is 1040. The van der Waals surface area contributed by atoms with Crippen LogP contribution in [0.2, 0.25) is 0 Å². The van der Waals surface area contributed by atoms with Gasteiger partial charge in [0, 0.05) is 0 Å². The standard InChI is InChI=1S/C52H98O13/c1-5-9-13-17-21-25-29-33-39(34-30-26-22-18-14-10-6-2)49(59)61-37-41-43(53)45(55)47(57)51(63-41)65-52-48(58)46(56)44(54)42(64-52)38-62-50(60)40(35-31-27-23-19-15-11-7-3)36-32-28-24-20-16-12-8-4/h39-48,51-58H,5-38H2,1-4H3/t41?,42?,43-,44-,45+,46+,47?,48?,51-,52-/m1/s1. The van der Waals surface area contributed by atoms with E-state index in [2.05, 4.69) is 27.7 Å². The fourth-order valence-electron chi connectivity index (χ4n) is 9.18. The molecule has 65 heavy (non-hydrogen) atoms. The van der Waals surface area contributed by atoms with Crippen molar-refractivity contribution in [2.45, 2.75) is 295 Å². The van der Waals surface area contributed by atoms with Gasteiger partial charge < -0.3 is 54.3 Å². The Labute approximate surface area is 394 Å². The lowest BCUT2D eigenvalue weighted by Gasteiger charge is -2.44. The van der Waals surface area contributed by atoms with Crippen LogP contribution in [0.3, 0.4) is 0 Å². The molecule has 2 aliphatic heterocycles. The Morgan fingerprint density at radius 3 is 0.877 bits per heavy atom. The Morgan fingerprint density at radius 2 is 0.615 bits per heavy atom. The maximum absolute atomic E-state index is 13.5. The van der Waals surface area contributed by atoms with Crippen molar-refractivity contribution in [2.75, 3.05) is 13.2 Å². The summed E-state index contributed by atoms with van der Waals surface area (Å²) in [5, 5.41) is 65.3. The second-order valence-electron chi connectivity index (χ2n) is 19.5. The molecule has 0 bridgehead atoms. The average Bonchev–Trinajstić information content (AvgIpc) is 3.30. The first-order chi connectivity index (χ1) is 31.5. The Kier molecular flexibility index (Phi) is 34.4. The van der Waals surface area contributed by atoms with Crippen LogP contribution < -0.4 is 0 Å². The molecule has 13 nitrogen and oxygen atoms in total. The first-order valence-electron chi connectivity index (χ1n) is 26.9. The molecule has 0 saturated carbocycles. The number of esters is 2. The largest absolute Gasteiger partial charge is 0.463 e. The van der Waals surface area contributed by atoms with Crippen LogP contribution in [0.15, 0.2) is 0 Å². The van der Waals surface area contributed by atoms with Gasteiger partial charge in [-0.1, -0.05) is 207 Å². The van der Waals surface area contributed by atoms with E-state index in [0.717, 1.165) is 77.0 Å². The summed E-state index contributed by atoms with van der Waals surface area (Å²) in [5.41, 5.74) is 0. The summed E-state index contributed by atoms with van der Waals surface area (Å²) in [4.78, 5) is 27.0. The minimum atomic E-state index is -1.81. The zero-order valence-corrected chi connectivity index (χ0v) is 41.5. The lowest BCUT2D eigenvalue weighted by Crippen LogP contribution is -2.64. The molecule has 384 valence electrons. The minimum absolute atomic E-state index is 0.315. The summed E-state index contributed by atoms with van der Waals surface area (Å²) >= 11 is 0. The van der Waals surface area contributed by atoms with E-state index in [1.165, 1.54) is 103 Å². The SMILES string of the molecule is CCCCCCCCCC(CCCCCCCCC)C(=O)OCC1O[C@H](O[C@H]2OC(COC(=O)C(CCCCCCCCC)CCCCCCCCC)[C@@H](O)[C@H](O)C2O)C(O)[C@@H](O)[C@@H]1O. The molecule has 0 aliphatic carbocycles. The number of carbonyl (C=O) groups excluding carboxylic acids is 2. The van der Waals surface area contributed by atoms with Crippen molar-refractivity contribution >= 4 is 11.9 Å². The van der Waals surface area contributed by atoms with Crippen molar-refractivity contribution in [3.05, 3.63) is 0 Å². The molecular weight excluding hydrogens is 833 g/mol. The second-order valence-corrected chi connectivity index (χ2v) is 19.5. The highest BCUT2D eigenvalue weighted by Crippen LogP contribution is 2.30. The van der Waals surface area contributed by atoms with E-state index in [4.69, 9.17) is 23.7 Å². The number of aliphatic hydroxyl groups excluding tert-OH is 6. The number of rotatable bonds is 40. The molecule has 2 aliphatic rings. The fourth-order valence-corrected chi connectivity index (χ4v) is 9.18. The molecule has 0 aromatic rings. The number of hydrogen-bond acceptors (Lipinski definition) is 13. The van der Waals surface area contributed by atoms with Gasteiger partial charge in [-0.25, -0.2) is 0 Å². The Balaban J connectivity index is 2.02. The molecule has 0 aromatic carbocycles. The van der Waals surface area contributed by atoms with Crippen molar-refractivity contribution in [2.24, 2.45) is 11.8 Å². The third kappa shape index (κ3) is 24.6. The van der Waals surface area contributed by atoms with Gasteiger partial charge in [0.1, 0.15) is 62.0 Å². The van der Waals surface area contributed by atoms with E-state index in [0.29, 0.717) is 25.7 Å². The molecular formula is C52H98O13. The van der Waals surface area contributed by atoms with E-state index in [-0.39, 0.29) is 11.8 Å². The van der Waals surface area contributed by atoms with Gasteiger partial charge in [-0.15, -0.1) is 0 Å². The molecule has 2 fully saturated rings. The van der Waals surface area contributed by atoms with Gasteiger partial charge >= 0.3 is 11.9 Å². The topological polar surface area (TPSA) is 202 Å². The molecule has 0 spiro atoms. The van der Waals surface area contributed by atoms with Gasteiger partial charge in [-0.05, 0) is 25.7 Å². The van der Waals surface area contributed by atoms with Crippen molar-refractivity contribution in [1.29, 1.82) is 0 Å². The van der Waals surface area contributed by atoms with Gasteiger partial charge in [0.15, 0.2) is 12.6 Å². The van der Waals surface area contributed by atoms with E-state index in [9.17, 15) is 40.2 Å². The predicted molar refractivity (Wildman–Crippen MR) is 254 cm³/mol. The second kappa shape index (κ2) is 37.5. The first-order valence-corrected chi connectivity index (χ1v) is 26.9. The Hall–Kier alpha value is -1.42.